The van der Waals surface area contributed by atoms with Crippen LogP contribution < -0.4 is 4.74 Å². The number of pyridine rings is 1. The Hall–Kier alpha value is -3.51. The summed E-state index contributed by atoms with van der Waals surface area (Å²) in [5, 5.41) is 0. The molecule has 4 heterocycles. The predicted molar refractivity (Wildman–Crippen MR) is 130 cm³/mol. The Morgan fingerprint density at radius 1 is 0.971 bits per heavy atom. The van der Waals surface area contributed by atoms with Crippen LogP contribution in [0.2, 0.25) is 0 Å². The Labute approximate surface area is 198 Å². The van der Waals surface area contributed by atoms with Crippen molar-refractivity contribution in [2.24, 2.45) is 0 Å². The Morgan fingerprint density at radius 2 is 1.79 bits per heavy atom. The molecule has 0 bridgehead atoms. The van der Waals surface area contributed by atoms with Crippen LogP contribution in [-0.2, 0) is 19.4 Å². The largest absolute Gasteiger partial charge is 0.497 e. The van der Waals surface area contributed by atoms with Gasteiger partial charge in [-0.3, -0.25) is 9.88 Å². The molecule has 0 spiro atoms. The van der Waals surface area contributed by atoms with E-state index in [0.29, 0.717) is 6.04 Å². The second-order valence-electron chi connectivity index (χ2n) is 9.15. The fourth-order valence-electron chi connectivity index (χ4n) is 5.41. The first-order chi connectivity index (χ1) is 16.7. The molecule has 0 saturated carbocycles. The number of methoxy groups -OCH3 is 1. The number of fused-ring (bicyclic) bond motifs is 2. The summed E-state index contributed by atoms with van der Waals surface area (Å²) < 4.78 is 21.4. The van der Waals surface area contributed by atoms with E-state index >= 15 is 0 Å². The number of imidazole rings is 1. The first-order valence-corrected chi connectivity index (χ1v) is 11.8. The van der Waals surface area contributed by atoms with Crippen molar-refractivity contribution in [2.75, 3.05) is 20.2 Å². The number of benzene rings is 2. The fourth-order valence-corrected chi connectivity index (χ4v) is 5.41. The third-order valence-corrected chi connectivity index (χ3v) is 7.10. The number of ether oxygens (including phenoxy) is 1. The van der Waals surface area contributed by atoms with Gasteiger partial charge < -0.3 is 9.30 Å². The van der Waals surface area contributed by atoms with Crippen LogP contribution in [-0.4, -0.2) is 39.6 Å². The van der Waals surface area contributed by atoms with E-state index in [4.69, 9.17) is 9.72 Å². The lowest BCUT2D eigenvalue weighted by Crippen LogP contribution is -2.34. The van der Waals surface area contributed by atoms with Crippen LogP contribution in [0.5, 0.6) is 5.75 Å². The van der Waals surface area contributed by atoms with Crippen molar-refractivity contribution in [1.29, 1.82) is 0 Å². The van der Waals surface area contributed by atoms with Crippen molar-refractivity contribution in [3.63, 3.8) is 0 Å². The molecule has 0 aliphatic carbocycles. The zero-order valence-corrected chi connectivity index (χ0v) is 19.2. The smallest absolute Gasteiger partial charge is 0.123 e. The van der Waals surface area contributed by atoms with Gasteiger partial charge >= 0.3 is 0 Å². The molecule has 0 fully saturated rings. The summed E-state index contributed by atoms with van der Waals surface area (Å²) in [5.41, 5.74) is 6.83. The maximum Gasteiger partial charge on any atom is 0.123 e. The summed E-state index contributed by atoms with van der Waals surface area (Å²) >= 11 is 0. The lowest BCUT2D eigenvalue weighted by molar-refractivity contribution is 0.217. The second-order valence-corrected chi connectivity index (χ2v) is 9.15. The Kier molecular flexibility index (Phi) is 5.38. The number of rotatable bonds is 5. The SMILES string of the molecule is COc1ccc2c(c1)CCN(C[C@@H]1CCc3nc(-c4ccc(F)cc4)c(-c4ccncc4)n31)C2. The van der Waals surface area contributed by atoms with E-state index < -0.39 is 0 Å². The van der Waals surface area contributed by atoms with Crippen LogP contribution in [0.3, 0.4) is 0 Å². The molecule has 0 N–H and O–H groups in total. The molecular weight excluding hydrogens is 427 g/mol. The molecule has 0 radical (unpaired) electrons. The lowest BCUT2D eigenvalue weighted by Gasteiger charge is -2.32. The summed E-state index contributed by atoms with van der Waals surface area (Å²) in [4.78, 5) is 11.8. The molecule has 2 aliphatic rings. The van der Waals surface area contributed by atoms with Crippen LogP contribution in [0.25, 0.3) is 22.5 Å². The van der Waals surface area contributed by atoms with Crippen molar-refractivity contribution in [3.05, 3.63) is 89.8 Å². The van der Waals surface area contributed by atoms with E-state index in [-0.39, 0.29) is 5.82 Å². The number of hydrogen-bond acceptors (Lipinski definition) is 4. The van der Waals surface area contributed by atoms with Crippen molar-refractivity contribution in [1.82, 2.24) is 19.4 Å². The van der Waals surface area contributed by atoms with Gasteiger partial charge in [0, 0.05) is 55.6 Å². The van der Waals surface area contributed by atoms with Crippen molar-refractivity contribution < 1.29 is 9.13 Å². The first kappa shape index (κ1) is 21.1. The molecule has 6 rings (SSSR count). The standard InChI is InChI=1S/C28H27FN4O/c1-34-25-8-4-22-17-32(15-12-21(22)16-25)18-24-7-9-26-31-27(19-2-5-23(29)6-3-19)28(33(24)26)20-10-13-30-14-11-20/h2-6,8,10-11,13-14,16,24H,7,9,12,15,17-18H2,1H3/t24-/m0/s1. The highest BCUT2D eigenvalue weighted by atomic mass is 19.1. The van der Waals surface area contributed by atoms with E-state index in [1.54, 1.807) is 7.11 Å². The minimum absolute atomic E-state index is 0.234. The molecule has 2 aliphatic heterocycles. The zero-order chi connectivity index (χ0) is 23.1. The van der Waals surface area contributed by atoms with Gasteiger partial charge in [-0.15, -0.1) is 0 Å². The molecule has 172 valence electrons. The van der Waals surface area contributed by atoms with Gasteiger partial charge in [0.25, 0.3) is 0 Å². The van der Waals surface area contributed by atoms with Crippen molar-refractivity contribution in [2.45, 2.75) is 31.8 Å². The van der Waals surface area contributed by atoms with Crippen LogP contribution >= 0.6 is 0 Å². The van der Waals surface area contributed by atoms with E-state index in [1.807, 2.05) is 36.7 Å². The van der Waals surface area contributed by atoms with Gasteiger partial charge in [-0.2, -0.15) is 0 Å². The topological polar surface area (TPSA) is 43.2 Å². The highest BCUT2D eigenvalue weighted by molar-refractivity contribution is 5.79. The minimum Gasteiger partial charge on any atom is -0.497 e. The Bertz CT molecular complexity index is 1320. The monoisotopic (exact) mass is 454 g/mol. The first-order valence-electron chi connectivity index (χ1n) is 11.8. The summed E-state index contributed by atoms with van der Waals surface area (Å²) in [6.07, 6.45) is 6.71. The minimum atomic E-state index is -0.234. The third kappa shape index (κ3) is 3.78. The van der Waals surface area contributed by atoms with Gasteiger partial charge in [-0.1, -0.05) is 6.07 Å². The molecule has 0 amide bonds. The van der Waals surface area contributed by atoms with Gasteiger partial charge in [0.05, 0.1) is 18.5 Å². The molecule has 34 heavy (non-hydrogen) atoms. The molecule has 5 nitrogen and oxygen atoms in total. The summed E-state index contributed by atoms with van der Waals surface area (Å²) in [5.74, 6) is 1.81. The second kappa shape index (κ2) is 8.69. The van der Waals surface area contributed by atoms with Crippen LogP contribution in [0.1, 0.15) is 29.4 Å². The number of nitrogens with zero attached hydrogens (tertiary/aromatic N) is 4. The Morgan fingerprint density at radius 3 is 2.59 bits per heavy atom. The van der Waals surface area contributed by atoms with E-state index in [2.05, 4.69) is 32.7 Å². The predicted octanol–water partition coefficient (Wildman–Crippen LogP) is 5.31. The third-order valence-electron chi connectivity index (χ3n) is 7.10. The highest BCUT2D eigenvalue weighted by Gasteiger charge is 2.32. The van der Waals surface area contributed by atoms with Gasteiger partial charge in [-0.25, -0.2) is 9.37 Å². The number of halogens is 1. The Balaban J connectivity index is 1.34. The fraction of sp³-hybridized carbons (Fsp3) is 0.286. The number of aromatic nitrogens is 3. The molecule has 2 aromatic carbocycles. The average Bonchev–Trinajstić information content (AvgIpc) is 3.44. The normalized spacial score (nSPS) is 17.4. The van der Waals surface area contributed by atoms with Gasteiger partial charge in [0.2, 0.25) is 0 Å². The highest BCUT2D eigenvalue weighted by Crippen LogP contribution is 2.40. The molecule has 6 heteroatoms. The van der Waals surface area contributed by atoms with E-state index in [9.17, 15) is 4.39 Å². The van der Waals surface area contributed by atoms with Crippen LogP contribution in [0.4, 0.5) is 4.39 Å². The average molecular weight is 455 g/mol. The van der Waals surface area contributed by atoms with Gasteiger partial charge in [-0.05, 0) is 72.5 Å². The summed E-state index contributed by atoms with van der Waals surface area (Å²) in [6.45, 7) is 2.97. The molecule has 1 atom stereocenters. The quantitative estimate of drug-likeness (QED) is 0.410. The van der Waals surface area contributed by atoms with Crippen molar-refractivity contribution >= 4 is 0 Å². The van der Waals surface area contributed by atoms with Gasteiger partial charge in [0.1, 0.15) is 17.4 Å². The number of hydrogen-bond donors (Lipinski definition) is 0. The van der Waals surface area contributed by atoms with Crippen LogP contribution in [0.15, 0.2) is 67.0 Å². The maximum absolute atomic E-state index is 13.6. The van der Waals surface area contributed by atoms with Crippen molar-refractivity contribution in [3.8, 4) is 28.3 Å². The lowest BCUT2D eigenvalue weighted by atomic mass is 9.98. The molecule has 0 saturated heterocycles. The molecular formula is C28H27FN4O. The van der Waals surface area contributed by atoms with Gasteiger partial charge in [0.15, 0.2) is 0 Å². The molecule has 4 aromatic rings. The molecule has 2 aromatic heterocycles. The summed E-state index contributed by atoms with van der Waals surface area (Å²) in [7, 11) is 1.72. The molecule has 0 unspecified atom stereocenters. The van der Waals surface area contributed by atoms with E-state index in [0.717, 1.165) is 73.0 Å². The van der Waals surface area contributed by atoms with E-state index in [1.165, 1.54) is 23.3 Å². The maximum atomic E-state index is 13.6. The summed E-state index contributed by atoms with van der Waals surface area (Å²) in [6, 6.07) is 17.5. The zero-order valence-electron chi connectivity index (χ0n) is 19.2. The number of aryl methyl sites for hydroxylation is 1. The van der Waals surface area contributed by atoms with Crippen LogP contribution in [0, 0.1) is 5.82 Å².